The summed E-state index contributed by atoms with van der Waals surface area (Å²) in [6.07, 6.45) is 2.26. The number of thioether (sulfide) groups is 1. The highest BCUT2D eigenvalue weighted by Gasteiger charge is 2.17. The number of aryl methyl sites for hydroxylation is 1. The molecule has 1 atom stereocenters. The second-order valence-electron chi connectivity index (χ2n) is 7.62. The van der Waals surface area contributed by atoms with Crippen molar-refractivity contribution in [3.8, 4) is 11.5 Å². The Morgan fingerprint density at radius 3 is 2.94 bits per heavy atom. The fourth-order valence-electron chi connectivity index (χ4n) is 3.75. The van der Waals surface area contributed by atoms with Crippen LogP contribution >= 0.6 is 11.8 Å². The molecule has 8 heteroatoms. The third kappa shape index (κ3) is 5.37. The highest BCUT2D eigenvalue weighted by Crippen LogP contribution is 2.29. The van der Waals surface area contributed by atoms with Gasteiger partial charge in [0.2, 0.25) is 5.91 Å². The maximum atomic E-state index is 12.4. The summed E-state index contributed by atoms with van der Waals surface area (Å²) in [7, 11) is 1.62. The van der Waals surface area contributed by atoms with Crippen LogP contribution in [0.15, 0.2) is 47.6 Å². The molecule has 1 aliphatic rings. The van der Waals surface area contributed by atoms with Gasteiger partial charge in [0, 0.05) is 19.7 Å². The quantitative estimate of drug-likeness (QED) is 0.465. The molecule has 1 saturated heterocycles. The summed E-state index contributed by atoms with van der Waals surface area (Å²) in [4.78, 5) is 17.1. The van der Waals surface area contributed by atoms with Gasteiger partial charge in [-0.2, -0.15) is 0 Å². The fraction of sp³-hybridized carbons (Fsp3) is 0.417. The number of hydrogen-bond acceptors (Lipinski definition) is 6. The molecule has 32 heavy (non-hydrogen) atoms. The van der Waals surface area contributed by atoms with E-state index >= 15 is 0 Å². The predicted octanol–water partition coefficient (Wildman–Crippen LogP) is 4.03. The second kappa shape index (κ2) is 10.7. The molecule has 2 aromatic carbocycles. The predicted molar refractivity (Wildman–Crippen MR) is 125 cm³/mol. The molecule has 170 valence electrons. The average molecular weight is 456 g/mol. The smallest absolute Gasteiger partial charge is 0.230 e. The molecule has 0 bridgehead atoms. The molecule has 1 fully saturated rings. The molecule has 0 saturated carbocycles. The highest BCUT2D eigenvalue weighted by molar-refractivity contribution is 7.99. The van der Waals surface area contributed by atoms with Crippen molar-refractivity contribution in [2.75, 3.05) is 26.1 Å². The van der Waals surface area contributed by atoms with E-state index in [1.165, 1.54) is 11.8 Å². The maximum absolute atomic E-state index is 12.4. The van der Waals surface area contributed by atoms with Gasteiger partial charge in [0.1, 0.15) is 6.61 Å². The summed E-state index contributed by atoms with van der Waals surface area (Å²) < 4.78 is 19.1. The minimum atomic E-state index is -0.0395. The number of nitrogens with one attached hydrogen (secondary N) is 1. The van der Waals surface area contributed by atoms with Crippen molar-refractivity contribution in [3.05, 3.63) is 48.0 Å². The van der Waals surface area contributed by atoms with Gasteiger partial charge < -0.3 is 24.1 Å². The first kappa shape index (κ1) is 22.5. The van der Waals surface area contributed by atoms with E-state index in [4.69, 9.17) is 14.2 Å². The van der Waals surface area contributed by atoms with Crippen LogP contribution < -0.4 is 14.8 Å². The van der Waals surface area contributed by atoms with Crippen LogP contribution in [0.3, 0.4) is 0 Å². The number of amides is 1. The summed E-state index contributed by atoms with van der Waals surface area (Å²) in [5.74, 6) is 1.61. The lowest BCUT2D eigenvalue weighted by Crippen LogP contribution is -2.24. The van der Waals surface area contributed by atoms with Crippen molar-refractivity contribution < 1.29 is 19.0 Å². The van der Waals surface area contributed by atoms with Crippen LogP contribution in [-0.4, -0.2) is 47.6 Å². The zero-order chi connectivity index (χ0) is 22.3. The van der Waals surface area contributed by atoms with Gasteiger partial charge in [0.25, 0.3) is 0 Å². The number of aromatic nitrogens is 2. The number of benzene rings is 2. The van der Waals surface area contributed by atoms with Crippen molar-refractivity contribution >= 4 is 28.7 Å². The summed E-state index contributed by atoms with van der Waals surface area (Å²) >= 11 is 1.45. The number of para-hydroxylation sites is 2. The molecular weight excluding hydrogens is 426 g/mol. The summed E-state index contributed by atoms with van der Waals surface area (Å²) in [5, 5.41) is 3.83. The number of carbonyl (C=O) groups is 1. The number of methoxy groups -OCH3 is 1. The summed E-state index contributed by atoms with van der Waals surface area (Å²) in [6.45, 7) is 4.64. The largest absolute Gasteiger partial charge is 0.493 e. The molecule has 1 amide bonds. The molecular formula is C24H29N3O4S. The minimum absolute atomic E-state index is 0.0395. The molecule has 1 N–H and O–H groups in total. The van der Waals surface area contributed by atoms with Gasteiger partial charge >= 0.3 is 0 Å². The first-order valence-electron chi connectivity index (χ1n) is 10.9. The zero-order valence-electron chi connectivity index (χ0n) is 18.5. The van der Waals surface area contributed by atoms with E-state index in [0.29, 0.717) is 30.4 Å². The van der Waals surface area contributed by atoms with Crippen molar-refractivity contribution in [2.45, 2.75) is 44.1 Å². The van der Waals surface area contributed by atoms with Gasteiger partial charge in [0.15, 0.2) is 16.7 Å². The molecule has 4 rings (SSSR count). The summed E-state index contributed by atoms with van der Waals surface area (Å²) in [5.41, 5.74) is 2.99. The van der Waals surface area contributed by atoms with Gasteiger partial charge in [-0.1, -0.05) is 30.0 Å². The first-order chi connectivity index (χ1) is 15.7. The first-order valence-corrected chi connectivity index (χ1v) is 11.9. The maximum Gasteiger partial charge on any atom is 0.230 e. The number of imidazole rings is 1. The monoisotopic (exact) mass is 455 g/mol. The Hall–Kier alpha value is -2.71. The zero-order valence-corrected chi connectivity index (χ0v) is 19.3. The van der Waals surface area contributed by atoms with Crippen molar-refractivity contribution in [2.24, 2.45) is 0 Å². The van der Waals surface area contributed by atoms with E-state index in [-0.39, 0.29) is 12.0 Å². The lowest BCUT2D eigenvalue weighted by Gasteiger charge is -2.15. The van der Waals surface area contributed by atoms with Crippen LogP contribution in [0.1, 0.15) is 25.3 Å². The minimum Gasteiger partial charge on any atom is -0.493 e. The van der Waals surface area contributed by atoms with Gasteiger partial charge in [-0.25, -0.2) is 4.98 Å². The van der Waals surface area contributed by atoms with Crippen molar-refractivity contribution in [1.29, 1.82) is 0 Å². The normalized spacial score (nSPS) is 15.8. The Balaban J connectivity index is 1.30. The molecule has 0 spiro atoms. The average Bonchev–Trinajstić information content (AvgIpc) is 3.47. The number of nitrogens with zero attached hydrogens (tertiary/aromatic N) is 2. The number of carbonyl (C=O) groups excluding carboxylic acids is 1. The van der Waals surface area contributed by atoms with E-state index in [1.54, 1.807) is 7.11 Å². The van der Waals surface area contributed by atoms with Crippen molar-refractivity contribution in [3.63, 3.8) is 0 Å². The van der Waals surface area contributed by atoms with Crippen LogP contribution in [0.5, 0.6) is 11.5 Å². The van der Waals surface area contributed by atoms with E-state index < -0.39 is 0 Å². The van der Waals surface area contributed by atoms with E-state index in [0.717, 1.165) is 47.7 Å². The van der Waals surface area contributed by atoms with Crippen LogP contribution in [0.4, 0.5) is 0 Å². The topological polar surface area (TPSA) is 74.6 Å². The van der Waals surface area contributed by atoms with Gasteiger partial charge in [-0.3, -0.25) is 4.79 Å². The molecule has 1 aromatic heterocycles. The number of fused-ring (bicyclic) bond motifs is 1. The number of hydrogen-bond donors (Lipinski definition) is 1. The van der Waals surface area contributed by atoms with Gasteiger partial charge in [-0.05, 0) is 49.6 Å². The Bertz CT molecular complexity index is 1060. The van der Waals surface area contributed by atoms with Crippen LogP contribution in [0.2, 0.25) is 0 Å². The van der Waals surface area contributed by atoms with Crippen LogP contribution in [0, 0.1) is 0 Å². The van der Waals surface area contributed by atoms with Crippen LogP contribution in [-0.2, 0) is 22.6 Å². The second-order valence-corrected chi connectivity index (χ2v) is 8.57. The molecule has 1 aliphatic heterocycles. The SMILES string of the molecule is CCn1c(SCC(=O)NCc2ccc(OCC3CCCO3)c(OC)c2)nc2ccccc21. The molecule has 0 radical (unpaired) electrons. The Labute approximate surface area is 192 Å². The number of rotatable bonds is 10. The standard InChI is InChI=1S/C24H29N3O4S/c1-3-27-20-9-5-4-8-19(20)26-24(27)32-16-23(28)25-14-17-10-11-21(22(13-17)29-2)31-15-18-7-6-12-30-18/h4-5,8-11,13,18H,3,6-7,12,14-16H2,1-2H3,(H,25,28). The molecule has 7 nitrogen and oxygen atoms in total. The lowest BCUT2D eigenvalue weighted by molar-refractivity contribution is -0.118. The Morgan fingerprint density at radius 1 is 1.28 bits per heavy atom. The highest BCUT2D eigenvalue weighted by atomic mass is 32.2. The van der Waals surface area contributed by atoms with Gasteiger partial charge in [-0.15, -0.1) is 0 Å². The third-order valence-electron chi connectivity index (χ3n) is 5.43. The third-order valence-corrected chi connectivity index (χ3v) is 6.41. The number of ether oxygens (including phenoxy) is 3. The molecule has 0 aliphatic carbocycles. The molecule has 1 unspecified atom stereocenters. The molecule has 2 heterocycles. The Morgan fingerprint density at radius 2 is 2.16 bits per heavy atom. The van der Waals surface area contributed by atoms with E-state index in [2.05, 4.69) is 27.9 Å². The fourth-order valence-corrected chi connectivity index (χ4v) is 4.66. The van der Waals surface area contributed by atoms with E-state index in [9.17, 15) is 4.79 Å². The van der Waals surface area contributed by atoms with Crippen molar-refractivity contribution in [1.82, 2.24) is 14.9 Å². The summed E-state index contributed by atoms with van der Waals surface area (Å²) in [6, 6.07) is 13.7. The Kier molecular flexibility index (Phi) is 7.55. The van der Waals surface area contributed by atoms with E-state index in [1.807, 2.05) is 36.4 Å². The lowest BCUT2D eigenvalue weighted by atomic mass is 10.2. The van der Waals surface area contributed by atoms with Crippen LogP contribution in [0.25, 0.3) is 11.0 Å². The molecule has 3 aromatic rings. The van der Waals surface area contributed by atoms with Gasteiger partial charge in [0.05, 0.1) is 30.0 Å².